The van der Waals surface area contributed by atoms with Crippen molar-refractivity contribution >= 4 is 11.9 Å². The van der Waals surface area contributed by atoms with E-state index >= 15 is 0 Å². The third-order valence-electron chi connectivity index (χ3n) is 1.08. The standard InChI is InChI=1S/C7H13NO3/c1-4-6(9)11-8-7(10)5(2)3/h5H,4H2,1-3H3,(H,8,10). The molecule has 0 aromatic rings. The largest absolute Gasteiger partial charge is 0.341 e. The van der Waals surface area contributed by atoms with Gasteiger partial charge in [-0.25, -0.2) is 4.79 Å². The normalized spacial score (nSPS) is 9.45. The van der Waals surface area contributed by atoms with Crippen molar-refractivity contribution in [2.45, 2.75) is 27.2 Å². The molecule has 0 rings (SSSR count). The van der Waals surface area contributed by atoms with Crippen molar-refractivity contribution in [2.75, 3.05) is 0 Å². The van der Waals surface area contributed by atoms with E-state index < -0.39 is 5.97 Å². The van der Waals surface area contributed by atoms with E-state index in [1.807, 2.05) is 5.48 Å². The number of hydrogen-bond donors (Lipinski definition) is 1. The van der Waals surface area contributed by atoms with Gasteiger partial charge in [0.2, 0.25) is 0 Å². The molecule has 0 unspecified atom stereocenters. The Balaban J connectivity index is 3.54. The maximum atomic E-state index is 10.8. The van der Waals surface area contributed by atoms with Crippen molar-refractivity contribution < 1.29 is 14.4 Å². The predicted octanol–water partition coefficient (Wildman–Crippen LogP) is 0.627. The molecule has 1 N–H and O–H groups in total. The van der Waals surface area contributed by atoms with Gasteiger partial charge in [-0.05, 0) is 0 Å². The number of rotatable bonds is 2. The molecule has 0 radical (unpaired) electrons. The average molecular weight is 159 g/mol. The smallest absolute Gasteiger partial charge is 0.331 e. The van der Waals surface area contributed by atoms with Crippen LogP contribution >= 0.6 is 0 Å². The molecule has 0 aromatic heterocycles. The number of amides is 1. The topological polar surface area (TPSA) is 55.4 Å². The second kappa shape index (κ2) is 4.71. The van der Waals surface area contributed by atoms with E-state index in [9.17, 15) is 9.59 Å². The summed E-state index contributed by atoms with van der Waals surface area (Å²) >= 11 is 0. The number of nitrogens with one attached hydrogen (secondary N) is 1. The highest BCUT2D eigenvalue weighted by molar-refractivity contribution is 5.79. The van der Waals surface area contributed by atoms with Crippen LogP contribution in [0.1, 0.15) is 27.2 Å². The van der Waals surface area contributed by atoms with Crippen LogP contribution in [0.15, 0.2) is 0 Å². The van der Waals surface area contributed by atoms with Gasteiger partial charge in [-0.3, -0.25) is 4.79 Å². The first-order valence-corrected chi connectivity index (χ1v) is 3.57. The lowest BCUT2D eigenvalue weighted by molar-refractivity contribution is -0.159. The summed E-state index contributed by atoms with van der Waals surface area (Å²) in [5.41, 5.74) is 2.04. The minimum Gasteiger partial charge on any atom is -0.341 e. The highest BCUT2D eigenvalue weighted by Crippen LogP contribution is 1.90. The molecule has 0 aliphatic carbocycles. The van der Waals surface area contributed by atoms with Crippen LogP contribution in [0.5, 0.6) is 0 Å². The lowest BCUT2D eigenvalue weighted by Crippen LogP contribution is -2.30. The van der Waals surface area contributed by atoms with Crippen LogP contribution < -0.4 is 5.48 Å². The summed E-state index contributed by atoms with van der Waals surface area (Å²) in [5.74, 6) is -0.884. The number of carbonyl (C=O) groups is 2. The van der Waals surface area contributed by atoms with Crippen molar-refractivity contribution in [1.82, 2.24) is 5.48 Å². The molecule has 1 amide bonds. The van der Waals surface area contributed by atoms with Crippen molar-refractivity contribution in [3.63, 3.8) is 0 Å². The zero-order valence-electron chi connectivity index (χ0n) is 7.01. The number of hydroxylamine groups is 1. The Morgan fingerprint density at radius 1 is 1.45 bits per heavy atom. The Bertz CT molecular complexity index is 154. The lowest BCUT2D eigenvalue weighted by Gasteiger charge is -2.05. The average Bonchev–Trinajstić information content (AvgIpc) is 1.99. The first-order valence-electron chi connectivity index (χ1n) is 3.57. The Kier molecular flexibility index (Phi) is 4.26. The fourth-order valence-electron chi connectivity index (χ4n) is 0.297. The fraction of sp³-hybridized carbons (Fsp3) is 0.714. The molecule has 0 fully saturated rings. The van der Waals surface area contributed by atoms with Crippen molar-refractivity contribution in [3.8, 4) is 0 Å². The van der Waals surface area contributed by atoms with Crippen LogP contribution in [0, 0.1) is 5.92 Å². The lowest BCUT2D eigenvalue weighted by atomic mass is 10.2. The van der Waals surface area contributed by atoms with E-state index in [1.165, 1.54) is 0 Å². The minimum atomic E-state index is -0.431. The molecule has 0 saturated heterocycles. The molecule has 0 heterocycles. The van der Waals surface area contributed by atoms with E-state index in [0.717, 1.165) is 0 Å². The van der Waals surface area contributed by atoms with E-state index in [-0.39, 0.29) is 18.2 Å². The van der Waals surface area contributed by atoms with Gasteiger partial charge in [0.1, 0.15) is 0 Å². The Morgan fingerprint density at radius 2 is 2.00 bits per heavy atom. The fourth-order valence-corrected chi connectivity index (χ4v) is 0.297. The molecule has 0 aliphatic heterocycles. The maximum absolute atomic E-state index is 10.8. The van der Waals surface area contributed by atoms with Gasteiger partial charge in [-0.15, -0.1) is 0 Å². The van der Waals surface area contributed by atoms with Crippen LogP contribution in [0.4, 0.5) is 0 Å². The molecule has 64 valence electrons. The first-order chi connectivity index (χ1) is 5.07. The Labute approximate surface area is 65.9 Å². The summed E-state index contributed by atoms with van der Waals surface area (Å²) in [5, 5.41) is 0. The molecule has 0 bridgehead atoms. The zero-order chi connectivity index (χ0) is 8.85. The monoisotopic (exact) mass is 159 g/mol. The third-order valence-corrected chi connectivity index (χ3v) is 1.08. The van der Waals surface area contributed by atoms with Gasteiger partial charge in [0, 0.05) is 12.3 Å². The summed E-state index contributed by atoms with van der Waals surface area (Å²) in [6, 6.07) is 0. The summed E-state index contributed by atoms with van der Waals surface area (Å²) in [7, 11) is 0. The molecule has 0 saturated carbocycles. The van der Waals surface area contributed by atoms with Crippen LogP contribution in [0.25, 0.3) is 0 Å². The molecule has 11 heavy (non-hydrogen) atoms. The molecule has 0 aromatic carbocycles. The SMILES string of the molecule is CCC(=O)ONC(=O)C(C)C. The highest BCUT2D eigenvalue weighted by Gasteiger charge is 2.07. The van der Waals surface area contributed by atoms with Gasteiger partial charge in [0.05, 0.1) is 0 Å². The second-order valence-corrected chi connectivity index (χ2v) is 2.45. The number of carbonyl (C=O) groups excluding carboxylic acids is 2. The van der Waals surface area contributed by atoms with Crippen LogP contribution in [-0.2, 0) is 14.4 Å². The molecule has 0 spiro atoms. The Morgan fingerprint density at radius 3 is 2.36 bits per heavy atom. The molecule has 0 aliphatic rings. The second-order valence-electron chi connectivity index (χ2n) is 2.45. The summed E-state index contributed by atoms with van der Waals surface area (Å²) in [6.45, 7) is 5.09. The van der Waals surface area contributed by atoms with Crippen LogP contribution in [0.2, 0.25) is 0 Å². The van der Waals surface area contributed by atoms with E-state index in [4.69, 9.17) is 0 Å². The third kappa shape index (κ3) is 4.36. The summed E-state index contributed by atoms with van der Waals surface area (Å²) < 4.78 is 0. The predicted molar refractivity (Wildman–Crippen MR) is 39.4 cm³/mol. The van der Waals surface area contributed by atoms with Gasteiger partial charge in [0.25, 0.3) is 5.91 Å². The highest BCUT2D eigenvalue weighted by atomic mass is 16.7. The molecule has 0 atom stereocenters. The molecular formula is C7H13NO3. The van der Waals surface area contributed by atoms with Crippen molar-refractivity contribution in [3.05, 3.63) is 0 Å². The van der Waals surface area contributed by atoms with E-state index in [2.05, 4.69) is 4.84 Å². The van der Waals surface area contributed by atoms with Gasteiger partial charge in [-0.2, -0.15) is 5.48 Å². The maximum Gasteiger partial charge on any atom is 0.331 e. The van der Waals surface area contributed by atoms with E-state index in [0.29, 0.717) is 0 Å². The minimum absolute atomic E-state index is 0.167. The summed E-state index contributed by atoms with van der Waals surface area (Å²) in [4.78, 5) is 25.7. The zero-order valence-corrected chi connectivity index (χ0v) is 7.01. The van der Waals surface area contributed by atoms with Gasteiger partial charge in [0.15, 0.2) is 0 Å². The van der Waals surface area contributed by atoms with Crippen LogP contribution in [0.3, 0.4) is 0 Å². The van der Waals surface area contributed by atoms with Gasteiger partial charge in [-0.1, -0.05) is 20.8 Å². The molecular weight excluding hydrogens is 146 g/mol. The molecule has 4 heteroatoms. The van der Waals surface area contributed by atoms with Gasteiger partial charge >= 0.3 is 5.97 Å². The first kappa shape index (κ1) is 9.94. The van der Waals surface area contributed by atoms with Crippen LogP contribution in [-0.4, -0.2) is 11.9 Å². The van der Waals surface area contributed by atoms with Crippen molar-refractivity contribution in [1.29, 1.82) is 0 Å². The summed E-state index contributed by atoms with van der Waals surface area (Å²) in [6.07, 6.45) is 0.262. The van der Waals surface area contributed by atoms with E-state index in [1.54, 1.807) is 20.8 Å². The Hall–Kier alpha value is -1.06. The number of hydrogen-bond acceptors (Lipinski definition) is 3. The quantitative estimate of drug-likeness (QED) is 0.601. The van der Waals surface area contributed by atoms with Gasteiger partial charge < -0.3 is 4.84 Å². The molecule has 4 nitrogen and oxygen atoms in total. The van der Waals surface area contributed by atoms with Crippen molar-refractivity contribution in [2.24, 2.45) is 5.92 Å².